The van der Waals surface area contributed by atoms with Gasteiger partial charge in [-0.05, 0) is 12.1 Å². The number of ether oxygens (including phenoxy) is 1. The number of hydrogen-bond acceptors (Lipinski definition) is 3. The minimum atomic E-state index is -4.31. The topological polar surface area (TPSA) is 35.2 Å². The fourth-order valence-corrected chi connectivity index (χ4v) is 2.08. The van der Waals surface area contributed by atoms with Gasteiger partial charge in [-0.15, -0.1) is 11.8 Å². The number of benzene rings is 1. The normalized spacial score (nSPS) is 13.6. The molecule has 1 atom stereocenters. The van der Waals surface area contributed by atoms with E-state index in [1.165, 1.54) is 7.11 Å². The summed E-state index contributed by atoms with van der Waals surface area (Å²) in [4.78, 5) is 0.442. The second kappa shape index (κ2) is 5.45. The van der Waals surface area contributed by atoms with Crippen molar-refractivity contribution in [2.24, 2.45) is 5.73 Å². The van der Waals surface area contributed by atoms with E-state index in [0.29, 0.717) is 22.4 Å². The molecule has 0 aliphatic heterocycles. The lowest BCUT2D eigenvalue weighted by Gasteiger charge is -2.18. The van der Waals surface area contributed by atoms with Crippen molar-refractivity contribution in [3.63, 3.8) is 0 Å². The van der Waals surface area contributed by atoms with Gasteiger partial charge in [-0.25, -0.2) is 0 Å². The smallest absolute Gasteiger partial charge is 0.402 e. The summed E-state index contributed by atoms with van der Waals surface area (Å²) >= 11 is 0.672. The first-order chi connectivity index (χ1) is 7.49. The van der Waals surface area contributed by atoms with Gasteiger partial charge < -0.3 is 10.5 Å². The molecule has 16 heavy (non-hydrogen) atoms. The molecule has 0 fully saturated rings. The van der Waals surface area contributed by atoms with Crippen molar-refractivity contribution in [3.05, 3.63) is 24.3 Å². The van der Waals surface area contributed by atoms with Gasteiger partial charge in [0.2, 0.25) is 0 Å². The molecule has 0 aliphatic rings. The number of para-hydroxylation sites is 1. The summed E-state index contributed by atoms with van der Waals surface area (Å²) in [6.45, 7) is -0.452. The van der Waals surface area contributed by atoms with Crippen molar-refractivity contribution >= 4 is 11.8 Å². The Morgan fingerprint density at radius 2 is 2.00 bits per heavy atom. The molecule has 0 heterocycles. The maximum Gasteiger partial charge on any atom is 0.402 e. The van der Waals surface area contributed by atoms with E-state index in [1.807, 2.05) is 0 Å². The lowest BCUT2D eigenvalue weighted by molar-refractivity contribution is -0.126. The summed E-state index contributed by atoms with van der Waals surface area (Å²) in [5.41, 5.74) is 5.12. The molecular formula is C10H12F3NOS. The Morgan fingerprint density at radius 3 is 2.50 bits per heavy atom. The van der Waals surface area contributed by atoms with Crippen LogP contribution in [0.2, 0.25) is 0 Å². The van der Waals surface area contributed by atoms with E-state index in [2.05, 4.69) is 0 Å². The van der Waals surface area contributed by atoms with Crippen LogP contribution in [-0.4, -0.2) is 25.1 Å². The predicted octanol–water partition coefficient (Wildman–Crippen LogP) is 2.68. The minimum absolute atomic E-state index is 0.426. The third-order valence-corrected chi connectivity index (χ3v) is 3.25. The number of nitrogens with two attached hydrogens (primary N) is 1. The maximum atomic E-state index is 12.5. The van der Waals surface area contributed by atoms with Crippen molar-refractivity contribution in [3.8, 4) is 5.75 Å². The van der Waals surface area contributed by atoms with Crippen LogP contribution in [0, 0.1) is 0 Å². The predicted molar refractivity (Wildman–Crippen MR) is 57.7 cm³/mol. The highest BCUT2D eigenvalue weighted by Gasteiger charge is 2.39. The van der Waals surface area contributed by atoms with E-state index < -0.39 is 18.0 Å². The molecule has 0 saturated heterocycles. The summed E-state index contributed by atoms with van der Waals surface area (Å²) in [6, 6.07) is 6.56. The fraction of sp³-hybridized carbons (Fsp3) is 0.400. The largest absolute Gasteiger partial charge is 0.496 e. The van der Waals surface area contributed by atoms with Crippen LogP contribution in [0.25, 0.3) is 0 Å². The average molecular weight is 251 g/mol. The van der Waals surface area contributed by atoms with Gasteiger partial charge in [0.15, 0.2) is 0 Å². The first-order valence-electron chi connectivity index (χ1n) is 4.55. The zero-order valence-corrected chi connectivity index (χ0v) is 9.44. The van der Waals surface area contributed by atoms with E-state index in [1.54, 1.807) is 24.3 Å². The van der Waals surface area contributed by atoms with Crippen LogP contribution in [0.3, 0.4) is 0 Å². The Kier molecular flexibility index (Phi) is 4.49. The van der Waals surface area contributed by atoms with E-state index in [-0.39, 0.29) is 0 Å². The number of halogens is 3. The first-order valence-corrected chi connectivity index (χ1v) is 5.43. The zero-order chi connectivity index (χ0) is 12.2. The molecule has 0 aliphatic carbocycles. The van der Waals surface area contributed by atoms with Crippen LogP contribution in [0.15, 0.2) is 29.2 Å². The van der Waals surface area contributed by atoms with Crippen LogP contribution < -0.4 is 10.5 Å². The Morgan fingerprint density at radius 1 is 1.38 bits per heavy atom. The van der Waals surface area contributed by atoms with Crippen LogP contribution in [-0.2, 0) is 0 Å². The van der Waals surface area contributed by atoms with E-state index in [0.717, 1.165) is 0 Å². The van der Waals surface area contributed by atoms with Gasteiger partial charge in [0, 0.05) is 11.4 Å². The van der Waals surface area contributed by atoms with Gasteiger partial charge in [-0.3, -0.25) is 0 Å². The van der Waals surface area contributed by atoms with Crippen molar-refractivity contribution in [1.29, 1.82) is 0 Å². The molecular weight excluding hydrogens is 239 g/mol. The maximum absolute atomic E-state index is 12.5. The Hall–Kier alpha value is -0.880. The van der Waals surface area contributed by atoms with Gasteiger partial charge in [0.25, 0.3) is 0 Å². The van der Waals surface area contributed by atoms with Crippen molar-refractivity contribution in [2.75, 3.05) is 13.7 Å². The number of methoxy groups -OCH3 is 1. The molecule has 90 valence electrons. The number of thioether (sulfide) groups is 1. The number of rotatable bonds is 4. The van der Waals surface area contributed by atoms with Gasteiger partial charge >= 0.3 is 6.18 Å². The molecule has 1 rings (SSSR count). The second-order valence-electron chi connectivity index (χ2n) is 3.03. The molecule has 0 spiro atoms. The van der Waals surface area contributed by atoms with Crippen LogP contribution >= 0.6 is 11.8 Å². The van der Waals surface area contributed by atoms with Gasteiger partial charge in [-0.2, -0.15) is 13.2 Å². The van der Waals surface area contributed by atoms with Crippen molar-refractivity contribution < 1.29 is 17.9 Å². The molecule has 0 aromatic heterocycles. The zero-order valence-electron chi connectivity index (χ0n) is 8.62. The van der Waals surface area contributed by atoms with E-state index in [9.17, 15) is 13.2 Å². The van der Waals surface area contributed by atoms with Crippen LogP contribution in [0.4, 0.5) is 13.2 Å². The summed E-state index contributed by atoms with van der Waals surface area (Å²) in [5, 5.41) is -1.61. The average Bonchev–Trinajstić information content (AvgIpc) is 2.24. The lowest BCUT2D eigenvalue weighted by Crippen LogP contribution is -2.32. The Labute approximate surface area is 96.0 Å². The number of alkyl halides is 3. The molecule has 1 aromatic rings. The SMILES string of the molecule is COc1ccccc1SC(CN)C(F)(F)F. The minimum Gasteiger partial charge on any atom is -0.496 e. The number of hydrogen-bond donors (Lipinski definition) is 1. The van der Waals surface area contributed by atoms with Crippen molar-refractivity contribution in [2.45, 2.75) is 16.3 Å². The van der Waals surface area contributed by atoms with E-state index >= 15 is 0 Å². The quantitative estimate of drug-likeness (QED) is 0.836. The van der Waals surface area contributed by atoms with Crippen LogP contribution in [0.1, 0.15) is 0 Å². The summed E-state index contributed by atoms with van der Waals surface area (Å²) in [7, 11) is 1.42. The molecule has 0 bridgehead atoms. The monoisotopic (exact) mass is 251 g/mol. The van der Waals surface area contributed by atoms with E-state index in [4.69, 9.17) is 10.5 Å². The Balaban J connectivity index is 2.86. The highest BCUT2D eigenvalue weighted by atomic mass is 32.2. The van der Waals surface area contributed by atoms with Gasteiger partial charge in [-0.1, -0.05) is 12.1 Å². The third kappa shape index (κ3) is 3.31. The highest BCUT2D eigenvalue weighted by molar-refractivity contribution is 8.00. The summed E-state index contributed by atoms with van der Waals surface area (Å²) in [5.74, 6) is 0.426. The third-order valence-electron chi connectivity index (χ3n) is 1.92. The molecule has 0 amide bonds. The van der Waals surface area contributed by atoms with Crippen LogP contribution in [0.5, 0.6) is 5.75 Å². The standard InChI is InChI=1S/C10H12F3NOS/c1-15-7-4-2-3-5-8(7)16-9(6-14)10(11,12)13/h2-5,9H,6,14H2,1H3. The molecule has 1 unspecified atom stereocenters. The highest BCUT2D eigenvalue weighted by Crippen LogP contribution is 2.38. The molecule has 0 saturated carbocycles. The lowest BCUT2D eigenvalue weighted by atomic mass is 10.3. The summed E-state index contributed by atoms with van der Waals surface area (Å²) < 4.78 is 42.5. The fourth-order valence-electron chi connectivity index (χ4n) is 1.12. The molecule has 0 radical (unpaired) electrons. The molecule has 2 N–H and O–H groups in total. The Bertz CT molecular complexity index is 343. The van der Waals surface area contributed by atoms with Gasteiger partial charge in [0.05, 0.1) is 7.11 Å². The van der Waals surface area contributed by atoms with Crippen molar-refractivity contribution in [1.82, 2.24) is 0 Å². The second-order valence-corrected chi connectivity index (χ2v) is 4.28. The van der Waals surface area contributed by atoms with Gasteiger partial charge in [0.1, 0.15) is 11.0 Å². The molecule has 6 heteroatoms. The summed E-state index contributed by atoms with van der Waals surface area (Å²) in [6.07, 6.45) is -4.31. The molecule has 2 nitrogen and oxygen atoms in total. The first kappa shape index (κ1) is 13.2. The molecule has 1 aromatic carbocycles.